The Morgan fingerprint density at radius 2 is 1.86 bits per heavy atom. The van der Waals surface area contributed by atoms with Crippen LogP contribution in [0.4, 0.5) is 11.6 Å². The number of H-pyrrole nitrogens is 1. The van der Waals surface area contributed by atoms with Crippen molar-refractivity contribution in [1.29, 1.82) is 0 Å². The summed E-state index contributed by atoms with van der Waals surface area (Å²) >= 11 is 0. The van der Waals surface area contributed by atoms with Crippen LogP contribution in [0.15, 0.2) is 35.5 Å². The highest BCUT2D eigenvalue weighted by molar-refractivity contribution is 5.85. The van der Waals surface area contributed by atoms with E-state index in [1.807, 2.05) is 42.8 Å². The molecule has 0 spiro atoms. The molecule has 10 heteroatoms. The maximum atomic E-state index is 12.5. The summed E-state index contributed by atoms with van der Waals surface area (Å²) in [7, 11) is 2.14. The van der Waals surface area contributed by atoms with Crippen molar-refractivity contribution in [2.75, 3.05) is 43.4 Å². The number of fused-ring (bicyclic) bond motifs is 1. The Hall–Kier alpha value is -3.79. The van der Waals surface area contributed by atoms with Crippen molar-refractivity contribution in [3.8, 4) is 11.4 Å². The van der Waals surface area contributed by atoms with E-state index in [0.29, 0.717) is 29.3 Å². The minimum atomic E-state index is -0.0954. The van der Waals surface area contributed by atoms with Crippen molar-refractivity contribution in [1.82, 2.24) is 34.4 Å². The number of hydrogen-bond acceptors (Lipinski definition) is 8. The zero-order chi connectivity index (χ0) is 25.4. The number of pyridine rings is 2. The lowest BCUT2D eigenvalue weighted by Crippen LogP contribution is -2.44. The Labute approximate surface area is 210 Å². The fraction of sp³-hybridized carbons (Fsp3) is 0.423. The lowest BCUT2D eigenvalue weighted by molar-refractivity contribution is 0.312. The van der Waals surface area contributed by atoms with Gasteiger partial charge in [0.05, 0.1) is 6.33 Å². The van der Waals surface area contributed by atoms with Crippen molar-refractivity contribution >= 4 is 22.8 Å². The van der Waals surface area contributed by atoms with Crippen molar-refractivity contribution in [3.63, 3.8) is 0 Å². The molecule has 0 atom stereocenters. The lowest BCUT2D eigenvalue weighted by atomic mass is 10.1. The number of aryl methyl sites for hydroxylation is 2. The van der Waals surface area contributed by atoms with Gasteiger partial charge in [0.15, 0.2) is 17.3 Å². The van der Waals surface area contributed by atoms with Gasteiger partial charge in [-0.1, -0.05) is 0 Å². The second-order valence-electron chi connectivity index (χ2n) is 9.81. The summed E-state index contributed by atoms with van der Waals surface area (Å²) in [6.45, 7) is 12.3. The van der Waals surface area contributed by atoms with Gasteiger partial charge in [0.2, 0.25) is 0 Å². The molecule has 0 aliphatic carbocycles. The highest BCUT2D eigenvalue weighted by Crippen LogP contribution is 2.27. The van der Waals surface area contributed by atoms with Gasteiger partial charge >= 0.3 is 0 Å². The smallest absolute Gasteiger partial charge is 0.253 e. The van der Waals surface area contributed by atoms with Crippen LogP contribution in [0.25, 0.3) is 22.6 Å². The zero-order valence-corrected chi connectivity index (χ0v) is 21.5. The van der Waals surface area contributed by atoms with E-state index in [0.717, 1.165) is 54.5 Å². The van der Waals surface area contributed by atoms with Crippen molar-refractivity contribution in [2.24, 2.45) is 0 Å². The second kappa shape index (κ2) is 9.69. The first kappa shape index (κ1) is 23.9. The molecule has 0 radical (unpaired) electrons. The van der Waals surface area contributed by atoms with Gasteiger partial charge in [-0.2, -0.15) is 0 Å². The molecule has 0 unspecified atom stereocenters. The summed E-state index contributed by atoms with van der Waals surface area (Å²) in [6, 6.07) is 6.22. The number of aromatic amines is 1. The third-order valence-electron chi connectivity index (χ3n) is 6.74. The SMILES string of the molecule is Cc1cc(C)c(CNc2nc(-c3ccc(N4CCN(C)CC4)nc3)nc3c2ncn3C(C)C)c(=O)[nH]1. The van der Waals surface area contributed by atoms with E-state index < -0.39 is 0 Å². The normalized spacial score (nSPS) is 14.7. The topological polar surface area (TPSA) is 108 Å². The second-order valence-corrected chi connectivity index (χ2v) is 9.81. The number of imidazole rings is 1. The standard InChI is InChI=1S/C26H33N9O/c1-16(2)35-15-29-22-24(28-14-20-17(3)12-18(4)30-26(20)36)31-23(32-25(22)35)19-6-7-21(27-13-19)34-10-8-33(5)9-11-34/h6-7,12-13,15-16H,8-11,14H2,1-5H3,(H,30,36)(H,28,31,32). The third kappa shape index (κ3) is 4.68. The van der Waals surface area contributed by atoms with Crippen LogP contribution in [-0.2, 0) is 6.54 Å². The van der Waals surface area contributed by atoms with Crippen LogP contribution in [0.5, 0.6) is 0 Å². The van der Waals surface area contributed by atoms with Crippen molar-refractivity contribution in [2.45, 2.75) is 40.3 Å². The Morgan fingerprint density at radius 3 is 2.53 bits per heavy atom. The highest BCUT2D eigenvalue weighted by Gasteiger charge is 2.18. The van der Waals surface area contributed by atoms with Crippen LogP contribution < -0.4 is 15.8 Å². The molecule has 1 saturated heterocycles. The molecule has 4 aromatic heterocycles. The molecular weight excluding hydrogens is 454 g/mol. The molecule has 0 bridgehead atoms. The summed E-state index contributed by atoms with van der Waals surface area (Å²) < 4.78 is 2.03. The average Bonchev–Trinajstić information content (AvgIpc) is 3.28. The van der Waals surface area contributed by atoms with Crippen LogP contribution in [0.1, 0.15) is 36.7 Å². The molecule has 5 heterocycles. The molecule has 2 N–H and O–H groups in total. The quantitative estimate of drug-likeness (QED) is 0.427. The van der Waals surface area contributed by atoms with Gasteiger partial charge in [0.25, 0.3) is 5.56 Å². The summed E-state index contributed by atoms with van der Waals surface area (Å²) in [5.74, 6) is 2.13. The number of likely N-dealkylation sites (N-methyl/N-ethyl adjacent to an activating group) is 1. The minimum absolute atomic E-state index is 0.0954. The summed E-state index contributed by atoms with van der Waals surface area (Å²) in [5.41, 5.74) is 4.61. The van der Waals surface area contributed by atoms with Gasteiger partial charge < -0.3 is 24.7 Å². The summed E-state index contributed by atoms with van der Waals surface area (Å²) in [4.78, 5) is 39.0. The molecule has 1 aliphatic rings. The fourth-order valence-electron chi connectivity index (χ4n) is 4.56. The number of hydrogen-bond donors (Lipinski definition) is 2. The lowest BCUT2D eigenvalue weighted by Gasteiger charge is -2.33. The van der Waals surface area contributed by atoms with Gasteiger partial charge in [0.1, 0.15) is 11.3 Å². The van der Waals surface area contributed by atoms with E-state index >= 15 is 0 Å². The number of piperazine rings is 1. The van der Waals surface area contributed by atoms with Gasteiger partial charge in [-0.05, 0) is 58.5 Å². The van der Waals surface area contributed by atoms with E-state index in [1.54, 1.807) is 6.33 Å². The number of nitrogens with zero attached hydrogens (tertiary/aromatic N) is 7. The number of anilines is 2. The average molecular weight is 488 g/mol. The van der Waals surface area contributed by atoms with Crippen LogP contribution in [0, 0.1) is 13.8 Å². The first-order chi connectivity index (χ1) is 17.3. The van der Waals surface area contributed by atoms with Crippen LogP contribution in [0.3, 0.4) is 0 Å². The molecule has 0 amide bonds. The van der Waals surface area contributed by atoms with E-state index in [2.05, 4.69) is 46.0 Å². The maximum Gasteiger partial charge on any atom is 0.253 e. The summed E-state index contributed by atoms with van der Waals surface area (Å²) in [6.07, 6.45) is 3.63. The zero-order valence-electron chi connectivity index (χ0n) is 21.5. The molecule has 36 heavy (non-hydrogen) atoms. The van der Waals surface area contributed by atoms with Crippen molar-refractivity contribution in [3.05, 3.63) is 57.9 Å². The van der Waals surface area contributed by atoms with E-state index in [4.69, 9.17) is 15.0 Å². The molecule has 4 aromatic rings. The predicted molar refractivity (Wildman–Crippen MR) is 143 cm³/mol. The van der Waals surface area contributed by atoms with E-state index in [-0.39, 0.29) is 11.6 Å². The third-order valence-corrected chi connectivity index (χ3v) is 6.74. The number of aromatic nitrogens is 6. The first-order valence-electron chi connectivity index (χ1n) is 12.4. The Morgan fingerprint density at radius 1 is 1.08 bits per heavy atom. The molecule has 5 rings (SSSR count). The Kier molecular flexibility index (Phi) is 6.44. The monoisotopic (exact) mass is 487 g/mol. The predicted octanol–water partition coefficient (Wildman–Crippen LogP) is 3.14. The molecule has 0 saturated carbocycles. The molecule has 1 aliphatic heterocycles. The maximum absolute atomic E-state index is 12.5. The Bertz CT molecular complexity index is 1430. The van der Waals surface area contributed by atoms with Crippen LogP contribution in [-0.4, -0.2) is 67.6 Å². The number of rotatable bonds is 6. The molecule has 188 valence electrons. The van der Waals surface area contributed by atoms with Crippen molar-refractivity contribution < 1.29 is 0 Å². The molecular formula is C26H33N9O. The fourth-order valence-corrected chi connectivity index (χ4v) is 4.56. The van der Waals surface area contributed by atoms with Gasteiger partial charge in [-0.15, -0.1) is 0 Å². The largest absolute Gasteiger partial charge is 0.364 e. The summed E-state index contributed by atoms with van der Waals surface area (Å²) in [5, 5.41) is 3.35. The molecule has 0 aromatic carbocycles. The molecule has 1 fully saturated rings. The van der Waals surface area contributed by atoms with Crippen LogP contribution in [0.2, 0.25) is 0 Å². The van der Waals surface area contributed by atoms with E-state index in [1.165, 1.54) is 0 Å². The molecule has 10 nitrogen and oxygen atoms in total. The highest BCUT2D eigenvalue weighted by atomic mass is 16.1. The van der Waals surface area contributed by atoms with Gasteiger partial charge in [-0.25, -0.2) is 19.9 Å². The van der Waals surface area contributed by atoms with E-state index in [9.17, 15) is 4.79 Å². The Balaban J connectivity index is 1.49. The van der Waals surface area contributed by atoms with Gasteiger partial charge in [-0.3, -0.25) is 4.79 Å². The first-order valence-corrected chi connectivity index (χ1v) is 12.4. The van der Waals surface area contributed by atoms with Crippen LogP contribution >= 0.6 is 0 Å². The minimum Gasteiger partial charge on any atom is -0.364 e. The number of nitrogens with one attached hydrogen (secondary N) is 2. The van der Waals surface area contributed by atoms with Gasteiger partial charge in [0, 0.05) is 61.8 Å².